The van der Waals surface area contributed by atoms with Crippen LogP contribution < -0.4 is 15.0 Å². The normalized spacial score (nSPS) is 17.0. The summed E-state index contributed by atoms with van der Waals surface area (Å²) in [5.41, 5.74) is 2.24. The van der Waals surface area contributed by atoms with Crippen molar-refractivity contribution in [2.75, 3.05) is 31.7 Å². The summed E-state index contributed by atoms with van der Waals surface area (Å²) in [6.07, 6.45) is 5.88. The maximum absolute atomic E-state index is 9.68. The number of aryl methyl sites for hydroxylation is 1. The molecule has 1 aliphatic heterocycles. The molecule has 1 atom stereocenters. The Morgan fingerprint density at radius 2 is 2.17 bits per heavy atom. The molecule has 24 heavy (non-hydrogen) atoms. The third kappa shape index (κ3) is 3.88. The molecule has 1 aromatic heterocycles. The van der Waals surface area contributed by atoms with Crippen molar-refractivity contribution in [3.8, 4) is 5.75 Å². The van der Waals surface area contributed by atoms with Gasteiger partial charge in [0.05, 0.1) is 26.0 Å². The lowest BCUT2D eigenvalue weighted by Crippen LogP contribution is -2.44. The van der Waals surface area contributed by atoms with Crippen LogP contribution in [0.25, 0.3) is 0 Å². The van der Waals surface area contributed by atoms with Gasteiger partial charge in [-0.3, -0.25) is 4.68 Å². The summed E-state index contributed by atoms with van der Waals surface area (Å²) in [5, 5.41) is 17.5. The Labute approximate surface area is 143 Å². The van der Waals surface area contributed by atoms with Gasteiger partial charge in [-0.05, 0) is 25.0 Å². The van der Waals surface area contributed by atoms with Crippen LogP contribution in [-0.4, -0.2) is 47.7 Å². The average Bonchev–Trinajstić information content (AvgIpc) is 3.06. The molecule has 0 aliphatic carbocycles. The van der Waals surface area contributed by atoms with Crippen LogP contribution in [0.1, 0.15) is 24.4 Å². The van der Waals surface area contributed by atoms with Crippen molar-refractivity contribution >= 4 is 5.69 Å². The molecule has 130 valence electrons. The van der Waals surface area contributed by atoms with E-state index < -0.39 is 0 Å². The van der Waals surface area contributed by atoms with Gasteiger partial charge < -0.3 is 20.1 Å². The monoisotopic (exact) mass is 330 g/mol. The summed E-state index contributed by atoms with van der Waals surface area (Å²) in [5.74, 6) is 0.893. The van der Waals surface area contributed by atoms with Crippen molar-refractivity contribution in [3.63, 3.8) is 0 Å². The number of hydrogen-bond acceptors (Lipinski definition) is 5. The second kappa shape index (κ2) is 7.68. The number of anilines is 1. The topological polar surface area (TPSA) is 62.6 Å². The van der Waals surface area contributed by atoms with Crippen LogP contribution in [0.2, 0.25) is 0 Å². The molecule has 0 amide bonds. The predicted octanol–water partition coefficient (Wildman–Crippen LogP) is 1.72. The lowest BCUT2D eigenvalue weighted by molar-refractivity contribution is 0.225. The minimum Gasteiger partial charge on any atom is -0.497 e. The average molecular weight is 330 g/mol. The fourth-order valence-electron chi connectivity index (χ4n) is 3.27. The minimum absolute atomic E-state index is 0.0490. The summed E-state index contributed by atoms with van der Waals surface area (Å²) in [4.78, 5) is 2.39. The zero-order chi connectivity index (χ0) is 16.9. The molecule has 2 N–H and O–H groups in total. The summed E-state index contributed by atoms with van der Waals surface area (Å²) >= 11 is 0. The zero-order valence-electron chi connectivity index (χ0n) is 14.4. The van der Waals surface area contributed by atoms with Crippen molar-refractivity contribution in [2.24, 2.45) is 7.05 Å². The van der Waals surface area contributed by atoms with E-state index in [9.17, 15) is 5.11 Å². The zero-order valence-corrected chi connectivity index (χ0v) is 14.4. The molecule has 1 aliphatic rings. The number of methoxy groups -OCH3 is 1. The van der Waals surface area contributed by atoms with Gasteiger partial charge in [-0.25, -0.2) is 0 Å². The fourth-order valence-corrected chi connectivity index (χ4v) is 3.27. The molecule has 2 aromatic rings. The number of aromatic nitrogens is 2. The SMILES string of the molecule is COc1cccc(N2CCC(NC(CO)c3cnn(C)c3)CC2)c1. The second-order valence-corrected chi connectivity index (χ2v) is 6.31. The molecule has 3 rings (SSSR count). The third-order valence-corrected chi connectivity index (χ3v) is 4.66. The van der Waals surface area contributed by atoms with Crippen molar-refractivity contribution in [1.29, 1.82) is 0 Å². The maximum atomic E-state index is 9.68. The maximum Gasteiger partial charge on any atom is 0.120 e. The highest BCUT2D eigenvalue weighted by Gasteiger charge is 2.23. The molecule has 1 unspecified atom stereocenters. The predicted molar refractivity (Wildman–Crippen MR) is 94.4 cm³/mol. The first kappa shape index (κ1) is 16.8. The van der Waals surface area contributed by atoms with E-state index in [1.165, 1.54) is 5.69 Å². The number of rotatable bonds is 6. The minimum atomic E-state index is -0.0490. The highest BCUT2D eigenvalue weighted by atomic mass is 16.5. The molecular formula is C18H26N4O2. The van der Waals surface area contributed by atoms with Gasteiger partial charge >= 0.3 is 0 Å². The van der Waals surface area contributed by atoms with E-state index in [0.29, 0.717) is 6.04 Å². The smallest absolute Gasteiger partial charge is 0.120 e. The lowest BCUT2D eigenvalue weighted by Gasteiger charge is -2.35. The molecule has 1 saturated heterocycles. The van der Waals surface area contributed by atoms with Gasteiger partial charge in [-0.2, -0.15) is 5.10 Å². The van der Waals surface area contributed by atoms with Crippen LogP contribution in [0, 0.1) is 0 Å². The number of benzene rings is 1. The highest BCUT2D eigenvalue weighted by molar-refractivity contribution is 5.51. The van der Waals surface area contributed by atoms with Gasteiger partial charge in [0.15, 0.2) is 0 Å². The molecule has 0 saturated carbocycles. The molecule has 6 nitrogen and oxygen atoms in total. The first-order chi connectivity index (χ1) is 11.7. The van der Waals surface area contributed by atoms with E-state index in [-0.39, 0.29) is 12.6 Å². The molecule has 6 heteroatoms. The van der Waals surface area contributed by atoms with E-state index in [1.54, 1.807) is 11.8 Å². The largest absolute Gasteiger partial charge is 0.497 e. The van der Waals surface area contributed by atoms with Crippen molar-refractivity contribution in [3.05, 3.63) is 42.2 Å². The van der Waals surface area contributed by atoms with E-state index in [0.717, 1.165) is 37.2 Å². The molecule has 0 spiro atoms. The Kier molecular flexibility index (Phi) is 5.37. The first-order valence-corrected chi connectivity index (χ1v) is 8.44. The Balaban J connectivity index is 1.56. The van der Waals surface area contributed by atoms with Crippen LogP contribution in [0.4, 0.5) is 5.69 Å². The number of aliphatic hydroxyl groups is 1. The van der Waals surface area contributed by atoms with Crippen molar-refractivity contribution < 1.29 is 9.84 Å². The van der Waals surface area contributed by atoms with Gasteiger partial charge in [0, 0.05) is 49.7 Å². The first-order valence-electron chi connectivity index (χ1n) is 8.44. The van der Waals surface area contributed by atoms with E-state index in [2.05, 4.69) is 27.4 Å². The Hall–Kier alpha value is -2.05. The van der Waals surface area contributed by atoms with E-state index >= 15 is 0 Å². The standard InChI is InChI=1S/C18H26N4O2/c1-21-12-14(11-19-21)18(13-23)20-15-6-8-22(9-7-15)16-4-3-5-17(10-16)24-2/h3-5,10-12,15,18,20,23H,6-9,13H2,1-2H3. The van der Waals surface area contributed by atoms with Gasteiger partial charge in [0.1, 0.15) is 5.75 Å². The highest BCUT2D eigenvalue weighted by Crippen LogP contribution is 2.25. The van der Waals surface area contributed by atoms with Crippen LogP contribution >= 0.6 is 0 Å². The van der Waals surface area contributed by atoms with Crippen LogP contribution in [0.15, 0.2) is 36.7 Å². The number of nitrogens with zero attached hydrogens (tertiary/aromatic N) is 3. The Morgan fingerprint density at radius 3 is 2.79 bits per heavy atom. The summed E-state index contributed by atoms with van der Waals surface area (Å²) in [6, 6.07) is 8.57. The van der Waals surface area contributed by atoms with Crippen LogP contribution in [-0.2, 0) is 7.05 Å². The van der Waals surface area contributed by atoms with Gasteiger partial charge in [-0.15, -0.1) is 0 Å². The van der Waals surface area contributed by atoms with Gasteiger partial charge in [0.25, 0.3) is 0 Å². The third-order valence-electron chi connectivity index (χ3n) is 4.66. The second-order valence-electron chi connectivity index (χ2n) is 6.31. The number of nitrogens with one attached hydrogen (secondary N) is 1. The molecule has 1 aromatic carbocycles. The van der Waals surface area contributed by atoms with Crippen molar-refractivity contribution in [1.82, 2.24) is 15.1 Å². The lowest BCUT2D eigenvalue weighted by atomic mass is 10.0. The van der Waals surface area contributed by atoms with Gasteiger partial charge in [0.2, 0.25) is 0 Å². The quantitative estimate of drug-likeness (QED) is 0.844. The number of piperidine rings is 1. The number of aliphatic hydroxyl groups excluding tert-OH is 1. The fraction of sp³-hybridized carbons (Fsp3) is 0.500. The molecule has 1 fully saturated rings. The Morgan fingerprint density at radius 1 is 1.38 bits per heavy atom. The van der Waals surface area contributed by atoms with E-state index in [4.69, 9.17) is 4.74 Å². The van der Waals surface area contributed by atoms with E-state index in [1.807, 2.05) is 31.6 Å². The number of hydrogen-bond donors (Lipinski definition) is 2. The van der Waals surface area contributed by atoms with Crippen LogP contribution in [0.5, 0.6) is 5.75 Å². The molecule has 0 bridgehead atoms. The summed E-state index contributed by atoms with van der Waals surface area (Å²) in [7, 11) is 3.59. The molecule has 2 heterocycles. The van der Waals surface area contributed by atoms with Crippen molar-refractivity contribution in [2.45, 2.75) is 24.9 Å². The number of ether oxygens (including phenoxy) is 1. The summed E-state index contributed by atoms with van der Waals surface area (Å²) < 4.78 is 7.08. The summed E-state index contributed by atoms with van der Waals surface area (Å²) in [6.45, 7) is 2.08. The Bertz CT molecular complexity index is 650. The van der Waals surface area contributed by atoms with Crippen LogP contribution in [0.3, 0.4) is 0 Å². The molecular weight excluding hydrogens is 304 g/mol. The molecule has 0 radical (unpaired) electrons. The van der Waals surface area contributed by atoms with Gasteiger partial charge in [-0.1, -0.05) is 6.07 Å².